The highest BCUT2D eigenvalue weighted by molar-refractivity contribution is 7.89. The van der Waals surface area contributed by atoms with Crippen LogP contribution in [0.5, 0.6) is 11.5 Å². The number of nitrogens with zero attached hydrogens (tertiary/aromatic N) is 1. The van der Waals surface area contributed by atoms with Crippen LogP contribution < -0.4 is 14.8 Å². The molecule has 146 valence electrons. The molecule has 0 unspecified atom stereocenters. The zero-order valence-corrected chi connectivity index (χ0v) is 16.7. The standard InChI is InChI=1S/C17H19ClN2O6S/c1-20(26-4)27(22,23)12-7-5-6-11(8-12)17(21)19-14-10-15(24-2)13(18)9-16(14)25-3/h5-10H,1-4H3,(H,19,21). The number of hydrogen-bond acceptors (Lipinski definition) is 6. The van der Waals surface area contributed by atoms with Crippen molar-refractivity contribution in [2.45, 2.75) is 4.90 Å². The Hall–Kier alpha value is -2.33. The van der Waals surface area contributed by atoms with Crippen LogP contribution in [0.4, 0.5) is 5.69 Å². The van der Waals surface area contributed by atoms with Gasteiger partial charge in [-0.2, -0.15) is 0 Å². The minimum absolute atomic E-state index is 0.0832. The first-order valence-corrected chi connectivity index (χ1v) is 9.42. The maximum Gasteiger partial charge on any atom is 0.264 e. The summed E-state index contributed by atoms with van der Waals surface area (Å²) in [5.41, 5.74) is 0.461. The Balaban J connectivity index is 2.36. The van der Waals surface area contributed by atoms with Crippen LogP contribution in [0.25, 0.3) is 0 Å². The van der Waals surface area contributed by atoms with Crippen molar-refractivity contribution in [3.63, 3.8) is 0 Å². The van der Waals surface area contributed by atoms with E-state index in [0.29, 0.717) is 26.7 Å². The minimum Gasteiger partial charge on any atom is -0.495 e. The molecule has 0 heterocycles. The zero-order valence-electron chi connectivity index (χ0n) is 15.1. The van der Waals surface area contributed by atoms with Crippen LogP contribution in [-0.2, 0) is 14.9 Å². The SMILES string of the molecule is COc1cc(NC(=O)c2cccc(S(=O)(=O)N(C)OC)c2)c(OC)cc1Cl. The van der Waals surface area contributed by atoms with Gasteiger partial charge in [-0.1, -0.05) is 22.1 Å². The summed E-state index contributed by atoms with van der Waals surface area (Å²) in [4.78, 5) is 17.3. The number of rotatable bonds is 7. The van der Waals surface area contributed by atoms with E-state index in [1.807, 2.05) is 0 Å². The normalized spacial score (nSPS) is 11.3. The molecule has 0 aromatic heterocycles. The molecule has 0 saturated heterocycles. The highest BCUT2D eigenvalue weighted by Crippen LogP contribution is 2.36. The van der Waals surface area contributed by atoms with Crippen molar-refractivity contribution in [3.05, 3.63) is 47.0 Å². The van der Waals surface area contributed by atoms with E-state index < -0.39 is 15.9 Å². The van der Waals surface area contributed by atoms with Crippen LogP contribution >= 0.6 is 11.6 Å². The predicted molar refractivity (Wildman–Crippen MR) is 101 cm³/mol. The second-order valence-electron chi connectivity index (χ2n) is 5.27. The first-order chi connectivity index (χ1) is 12.7. The number of ether oxygens (including phenoxy) is 2. The molecule has 0 radical (unpaired) electrons. The molecule has 2 aromatic carbocycles. The predicted octanol–water partition coefficient (Wildman–Crippen LogP) is 2.79. The summed E-state index contributed by atoms with van der Waals surface area (Å²) in [6, 6.07) is 8.59. The molecule has 0 aliphatic carbocycles. The highest BCUT2D eigenvalue weighted by Gasteiger charge is 2.22. The van der Waals surface area contributed by atoms with Crippen molar-refractivity contribution in [1.29, 1.82) is 0 Å². The first kappa shape index (κ1) is 21.0. The average Bonchev–Trinajstić information content (AvgIpc) is 2.68. The minimum atomic E-state index is -3.88. The Labute approximate surface area is 162 Å². The van der Waals surface area contributed by atoms with Gasteiger partial charge in [0.1, 0.15) is 11.5 Å². The third kappa shape index (κ3) is 4.51. The van der Waals surface area contributed by atoms with E-state index in [1.54, 1.807) is 0 Å². The number of hydrogen-bond donors (Lipinski definition) is 1. The van der Waals surface area contributed by atoms with E-state index in [4.69, 9.17) is 25.9 Å². The van der Waals surface area contributed by atoms with Crippen LogP contribution in [-0.4, -0.2) is 47.2 Å². The van der Waals surface area contributed by atoms with Crippen LogP contribution in [0.15, 0.2) is 41.3 Å². The quantitative estimate of drug-likeness (QED) is 0.700. The van der Waals surface area contributed by atoms with Gasteiger partial charge in [-0.25, -0.2) is 8.42 Å². The molecule has 27 heavy (non-hydrogen) atoms. The van der Waals surface area contributed by atoms with Crippen LogP contribution in [0.2, 0.25) is 5.02 Å². The van der Waals surface area contributed by atoms with Crippen LogP contribution in [0.1, 0.15) is 10.4 Å². The molecule has 0 aliphatic rings. The molecule has 8 nitrogen and oxygen atoms in total. The summed E-state index contributed by atoms with van der Waals surface area (Å²) in [5.74, 6) is 0.151. The van der Waals surface area contributed by atoms with Gasteiger partial charge in [-0.3, -0.25) is 9.63 Å². The number of anilines is 1. The molecule has 0 fully saturated rings. The molecule has 1 N–H and O–H groups in total. The zero-order chi connectivity index (χ0) is 20.2. The number of carbonyl (C=O) groups excluding carboxylic acids is 1. The number of carbonyl (C=O) groups is 1. The second-order valence-corrected chi connectivity index (χ2v) is 7.61. The number of hydroxylamine groups is 1. The number of methoxy groups -OCH3 is 2. The third-order valence-electron chi connectivity index (χ3n) is 3.71. The van der Waals surface area contributed by atoms with Gasteiger partial charge in [0.15, 0.2) is 0 Å². The molecule has 2 rings (SSSR count). The van der Waals surface area contributed by atoms with E-state index in [9.17, 15) is 13.2 Å². The highest BCUT2D eigenvalue weighted by atomic mass is 35.5. The maximum absolute atomic E-state index is 12.6. The van der Waals surface area contributed by atoms with E-state index in [0.717, 1.165) is 0 Å². The molecule has 10 heteroatoms. The summed E-state index contributed by atoms with van der Waals surface area (Å²) < 4.78 is 35.7. The smallest absolute Gasteiger partial charge is 0.264 e. The molecule has 0 saturated carbocycles. The lowest BCUT2D eigenvalue weighted by molar-refractivity contribution is -0.0258. The van der Waals surface area contributed by atoms with E-state index in [2.05, 4.69) is 5.32 Å². The van der Waals surface area contributed by atoms with Crippen molar-refractivity contribution < 1.29 is 27.5 Å². The summed E-state index contributed by atoms with van der Waals surface area (Å²) in [5, 5.41) is 2.98. The fourth-order valence-electron chi connectivity index (χ4n) is 2.20. The molecule has 2 aromatic rings. The number of halogens is 1. The van der Waals surface area contributed by atoms with Gasteiger partial charge in [0.05, 0.1) is 36.9 Å². The fourth-order valence-corrected chi connectivity index (χ4v) is 3.45. The van der Waals surface area contributed by atoms with Gasteiger partial charge in [-0.15, -0.1) is 0 Å². The van der Waals surface area contributed by atoms with Crippen molar-refractivity contribution in [2.24, 2.45) is 0 Å². The molecule has 0 aliphatic heterocycles. The number of nitrogens with one attached hydrogen (secondary N) is 1. The molecule has 1 amide bonds. The lowest BCUT2D eigenvalue weighted by atomic mass is 10.2. The van der Waals surface area contributed by atoms with Gasteiger partial charge in [0, 0.05) is 24.7 Å². The Morgan fingerprint density at radius 3 is 2.33 bits per heavy atom. The van der Waals surface area contributed by atoms with Crippen molar-refractivity contribution in [2.75, 3.05) is 33.7 Å². The van der Waals surface area contributed by atoms with Crippen molar-refractivity contribution in [1.82, 2.24) is 4.47 Å². The first-order valence-electron chi connectivity index (χ1n) is 7.60. The lowest BCUT2D eigenvalue weighted by Crippen LogP contribution is -2.26. The molecular formula is C17H19ClN2O6S. The van der Waals surface area contributed by atoms with Gasteiger partial charge in [-0.05, 0) is 18.2 Å². The summed E-state index contributed by atoms with van der Waals surface area (Å²) in [6.07, 6.45) is 0. The summed E-state index contributed by atoms with van der Waals surface area (Å²) >= 11 is 6.05. The van der Waals surface area contributed by atoms with Gasteiger partial charge >= 0.3 is 0 Å². The maximum atomic E-state index is 12.6. The average molecular weight is 415 g/mol. The summed E-state index contributed by atoms with van der Waals surface area (Å²) in [6.45, 7) is 0. The van der Waals surface area contributed by atoms with Gasteiger partial charge in [0.25, 0.3) is 15.9 Å². The van der Waals surface area contributed by atoms with Gasteiger partial charge < -0.3 is 14.8 Å². The number of sulfonamides is 1. The molecule has 0 bridgehead atoms. The van der Waals surface area contributed by atoms with Crippen LogP contribution in [0, 0.1) is 0 Å². The largest absolute Gasteiger partial charge is 0.495 e. The number of amides is 1. The van der Waals surface area contributed by atoms with E-state index in [-0.39, 0.29) is 10.5 Å². The van der Waals surface area contributed by atoms with Gasteiger partial charge in [0.2, 0.25) is 0 Å². The molecule has 0 atom stereocenters. The van der Waals surface area contributed by atoms with Crippen molar-refractivity contribution >= 4 is 33.2 Å². The topological polar surface area (TPSA) is 94.2 Å². The molecule has 0 spiro atoms. The third-order valence-corrected chi connectivity index (χ3v) is 5.68. The Morgan fingerprint density at radius 2 is 1.74 bits per heavy atom. The Morgan fingerprint density at radius 1 is 1.07 bits per heavy atom. The monoisotopic (exact) mass is 414 g/mol. The van der Waals surface area contributed by atoms with Crippen LogP contribution in [0.3, 0.4) is 0 Å². The molecular weight excluding hydrogens is 396 g/mol. The van der Waals surface area contributed by atoms with E-state index in [1.165, 1.54) is 64.8 Å². The Bertz CT molecular complexity index is 948. The number of benzene rings is 2. The van der Waals surface area contributed by atoms with E-state index >= 15 is 0 Å². The fraction of sp³-hybridized carbons (Fsp3) is 0.235. The summed E-state index contributed by atoms with van der Waals surface area (Å²) in [7, 11) is 1.49. The second kappa shape index (κ2) is 8.57. The lowest BCUT2D eigenvalue weighted by Gasteiger charge is -2.15. The Kier molecular flexibility index (Phi) is 6.66. The van der Waals surface area contributed by atoms with Crippen molar-refractivity contribution in [3.8, 4) is 11.5 Å².